The molecule has 0 saturated carbocycles. The normalized spacial score (nSPS) is 16.2. The zero-order valence-corrected chi connectivity index (χ0v) is 16.5. The summed E-state index contributed by atoms with van der Waals surface area (Å²) in [5.74, 6) is 1.67. The summed E-state index contributed by atoms with van der Waals surface area (Å²) in [6, 6.07) is 9.19. The second-order valence-electron chi connectivity index (χ2n) is 6.50. The third-order valence-corrected chi connectivity index (χ3v) is 5.21. The number of carbonyl (C=O) groups excluding carboxylic acids is 1. The van der Waals surface area contributed by atoms with Gasteiger partial charge in [-0.25, -0.2) is 14.8 Å². The van der Waals surface area contributed by atoms with Crippen LogP contribution in [0.1, 0.15) is 0 Å². The highest BCUT2D eigenvalue weighted by atomic mass is 32.1. The highest BCUT2D eigenvalue weighted by Crippen LogP contribution is 2.25. The average molecular weight is 411 g/mol. The van der Waals surface area contributed by atoms with Gasteiger partial charge in [-0.05, 0) is 24.3 Å². The Balaban J connectivity index is 1.31. The van der Waals surface area contributed by atoms with E-state index in [-0.39, 0.29) is 6.03 Å². The number of hydrogen-bond acceptors (Lipinski definition) is 8. The molecule has 4 rings (SSSR count). The lowest BCUT2D eigenvalue weighted by Crippen LogP contribution is -2.51. The Morgan fingerprint density at radius 3 is 2.72 bits per heavy atom. The molecule has 0 aromatic carbocycles. The molecule has 0 spiro atoms. The molecule has 0 radical (unpaired) electrons. The molecular formula is C19H22N8OS. The fourth-order valence-corrected chi connectivity index (χ4v) is 3.67. The molecule has 0 aliphatic carbocycles. The van der Waals surface area contributed by atoms with Crippen LogP contribution in [0.5, 0.6) is 0 Å². The van der Waals surface area contributed by atoms with E-state index in [1.165, 1.54) is 11.3 Å². The summed E-state index contributed by atoms with van der Waals surface area (Å²) in [6.45, 7) is 3.63. The van der Waals surface area contributed by atoms with Crippen LogP contribution in [0.4, 0.5) is 22.2 Å². The summed E-state index contributed by atoms with van der Waals surface area (Å²) in [4.78, 5) is 25.2. The second kappa shape index (κ2) is 9.41. The molecule has 10 heteroatoms. The zero-order valence-electron chi connectivity index (χ0n) is 15.7. The first-order chi connectivity index (χ1) is 14.3. The number of carbonyl (C=O) groups is 1. The Hall–Kier alpha value is -3.08. The number of amides is 2. The molecule has 0 bridgehead atoms. The Kier molecular flexibility index (Phi) is 6.25. The molecule has 3 aromatic rings. The van der Waals surface area contributed by atoms with E-state index in [2.05, 4.69) is 41.5 Å². The molecule has 1 atom stereocenters. The van der Waals surface area contributed by atoms with Gasteiger partial charge in [0.05, 0.1) is 0 Å². The lowest BCUT2D eigenvalue weighted by Gasteiger charge is -2.24. The van der Waals surface area contributed by atoms with Crippen molar-refractivity contribution >= 4 is 34.8 Å². The Morgan fingerprint density at radius 2 is 1.90 bits per heavy atom. The van der Waals surface area contributed by atoms with Crippen LogP contribution in [-0.2, 0) is 0 Å². The third-order valence-electron chi connectivity index (χ3n) is 4.32. The monoisotopic (exact) mass is 410 g/mol. The first-order valence-corrected chi connectivity index (χ1v) is 10.2. The van der Waals surface area contributed by atoms with Crippen molar-refractivity contribution in [3.8, 4) is 10.6 Å². The van der Waals surface area contributed by atoms with Crippen molar-refractivity contribution in [2.24, 2.45) is 0 Å². The molecule has 5 N–H and O–H groups in total. The van der Waals surface area contributed by atoms with Crippen LogP contribution in [0.15, 0.2) is 48.1 Å². The Bertz CT molecular complexity index is 942. The maximum Gasteiger partial charge on any atom is 0.326 e. The van der Waals surface area contributed by atoms with Crippen molar-refractivity contribution in [3.05, 3.63) is 48.1 Å². The maximum absolute atomic E-state index is 12.3. The van der Waals surface area contributed by atoms with E-state index in [4.69, 9.17) is 0 Å². The van der Waals surface area contributed by atoms with Gasteiger partial charge in [0.15, 0.2) is 0 Å². The van der Waals surface area contributed by atoms with Crippen LogP contribution in [0.3, 0.4) is 0 Å². The van der Waals surface area contributed by atoms with Gasteiger partial charge in [0, 0.05) is 55.6 Å². The highest BCUT2D eigenvalue weighted by molar-refractivity contribution is 7.13. The van der Waals surface area contributed by atoms with Gasteiger partial charge in [-0.2, -0.15) is 0 Å². The average Bonchev–Trinajstić information content (AvgIpc) is 3.22. The van der Waals surface area contributed by atoms with Gasteiger partial charge < -0.3 is 16.0 Å². The van der Waals surface area contributed by atoms with E-state index in [0.29, 0.717) is 23.5 Å². The minimum absolute atomic E-state index is 0.352. The number of hydrogen-bond donors (Lipinski definition) is 5. The molecule has 1 unspecified atom stereocenters. The van der Waals surface area contributed by atoms with Crippen LogP contribution in [0.25, 0.3) is 10.6 Å². The number of nitrogens with one attached hydrogen (secondary N) is 5. The molecule has 4 heterocycles. The van der Waals surface area contributed by atoms with Crippen LogP contribution >= 0.6 is 11.3 Å². The summed E-state index contributed by atoms with van der Waals surface area (Å²) in [5.41, 5.74) is 0.960. The number of rotatable bonds is 6. The summed E-state index contributed by atoms with van der Waals surface area (Å²) in [7, 11) is 0. The molecule has 2 amide bonds. The van der Waals surface area contributed by atoms with E-state index in [1.54, 1.807) is 23.8 Å². The van der Waals surface area contributed by atoms with Gasteiger partial charge in [0.1, 0.15) is 22.5 Å². The van der Waals surface area contributed by atoms with E-state index in [0.717, 1.165) is 36.8 Å². The zero-order chi connectivity index (χ0) is 19.9. The summed E-state index contributed by atoms with van der Waals surface area (Å²) < 4.78 is 0. The molecule has 1 fully saturated rings. The van der Waals surface area contributed by atoms with E-state index >= 15 is 0 Å². The van der Waals surface area contributed by atoms with Gasteiger partial charge in [0.25, 0.3) is 0 Å². The number of urea groups is 1. The van der Waals surface area contributed by atoms with Gasteiger partial charge in [-0.15, -0.1) is 11.3 Å². The maximum atomic E-state index is 12.3. The lowest BCUT2D eigenvalue weighted by molar-refractivity contribution is 0.262. The van der Waals surface area contributed by atoms with Crippen molar-refractivity contribution in [1.29, 1.82) is 0 Å². The van der Waals surface area contributed by atoms with Gasteiger partial charge in [-0.3, -0.25) is 15.6 Å². The van der Waals surface area contributed by atoms with E-state index in [9.17, 15) is 4.79 Å². The van der Waals surface area contributed by atoms with Crippen LogP contribution in [0.2, 0.25) is 0 Å². The van der Waals surface area contributed by atoms with Crippen LogP contribution < -0.4 is 26.6 Å². The molecule has 29 heavy (non-hydrogen) atoms. The first kappa shape index (κ1) is 19.2. The Labute approximate surface area is 172 Å². The fourth-order valence-electron chi connectivity index (χ4n) is 2.91. The predicted octanol–water partition coefficient (Wildman–Crippen LogP) is 2.22. The number of aromatic nitrogens is 3. The topological polar surface area (TPSA) is 116 Å². The van der Waals surface area contributed by atoms with E-state index in [1.807, 2.05) is 24.3 Å². The summed E-state index contributed by atoms with van der Waals surface area (Å²) >= 11 is 1.46. The van der Waals surface area contributed by atoms with Crippen LogP contribution in [-0.4, -0.2) is 53.2 Å². The van der Waals surface area contributed by atoms with Crippen molar-refractivity contribution in [2.75, 3.05) is 42.1 Å². The van der Waals surface area contributed by atoms with Gasteiger partial charge in [0.2, 0.25) is 0 Å². The molecule has 3 aromatic heterocycles. The fraction of sp³-hybridized carbons (Fsp3) is 0.263. The molecule has 9 nitrogen and oxygen atoms in total. The van der Waals surface area contributed by atoms with E-state index < -0.39 is 0 Å². The highest BCUT2D eigenvalue weighted by Gasteiger charge is 2.12. The van der Waals surface area contributed by atoms with Crippen molar-refractivity contribution in [1.82, 2.24) is 25.6 Å². The van der Waals surface area contributed by atoms with Gasteiger partial charge >= 0.3 is 6.03 Å². The summed E-state index contributed by atoms with van der Waals surface area (Å²) in [6.07, 6.45) is 3.42. The molecular weight excluding hydrogens is 388 g/mol. The lowest BCUT2D eigenvalue weighted by atomic mass is 10.2. The minimum Gasteiger partial charge on any atom is -0.368 e. The number of nitrogens with zero attached hydrogens (tertiary/aromatic N) is 3. The number of anilines is 3. The quantitative estimate of drug-likeness (QED) is 0.423. The SMILES string of the molecule is O=C(Nc1cccc(NCC2CNCCN2)n1)Nc1csc(-c2ccncc2)n1. The summed E-state index contributed by atoms with van der Waals surface area (Å²) in [5, 5.41) is 18.2. The third kappa shape index (κ3) is 5.47. The number of thiazole rings is 1. The largest absolute Gasteiger partial charge is 0.368 e. The minimum atomic E-state index is -0.389. The molecule has 1 saturated heterocycles. The second-order valence-corrected chi connectivity index (χ2v) is 7.36. The predicted molar refractivity (Wildman–Crippen MR) is 115 cm³/mol. The van der Waals surface area contributed by atoms with Crippen molar-refractivity contribution in [3.63, 3.8) is 0 Å². The molecule has 150 valence electrons. The number of piperazine rings is 1. The number of pyridine rings is 2. The van der Waals surface area contributed by atoms with Crippen LogP contribution in [0, 0.1) is 0 Å². The standard InChI is InChI=1S/C19H22N8OS/c28-19(27-17-12-29-18(25-17)13-4-6-20-7-5-13)26-16-3-1-2-15(24-16)23-11-14-10-21-8-9-22-14/h1-7,12,14,21-22H,8-11H2,(H3,23,24,26,27,28). The first-order valence-electron chi connectivity index (χ1n) is 9.35. The smallest absolute Gasteiger partial charge is 0.326 e. The molecule has 1 aliphatic heterocycles. The van der Waals surface area contributed by atoms with Gasteiger partial charge in [-0.1, -0.05) is 6.07 Å². The molecule has 1 aliphatic rings. The van der Waals surface area contributed by atoms with Crippen molar-refractivity contribution < 1.29 is 4.79 Å². The van der Waals surface area contributed by atoms with Crippen molar-refractivity contribution in [2.45, 2.75) is 6.04 Å². The Morgan fingerprint density at radius 1 is 1.07 bits per heavy atom.